The molecule has 6 atom stereocenters. The predicted molar refractivity (Wildman–Crippen MR) is 205 cm³/mol. The minimum absolute atomic E-state index is 0.331. The van der Waals surface area contributed by atoms with Crippen LogP contribution in [0.25, 0.3) is 11.1 Å². The highest BCUT2D eigenvalue weighted by atomic mass is 16.5. The SMILES string of the molecule is CCCCc1ccc(-c2ccc(C(=O)N[C@H](C)C(=O)NCC(=O)N(C)[C@H](C(=O)N[C@@H](C)C(=O)N[C@@H](CC(C)(N)N(O)CB(O)O)C(C)=O)C(C)O)cc2)cc1. The van der Waals surface area contributed by atoms with Gasteiger partial charge in [-0.3, -0.25) is 28.8 Å². The third-order valence-electron chi connectivity index (χ3n) is 9.05. The number of nitrogens with zero attached hydrogens (tertiary/aromatic N) is 2. The maximum Gasteiger partial charge on any atom is 0.469 e. The lowest BCUT2D eigenvalue weighted by Gasteiger charge is -2.36. The van der Waals surface area contributed by atoms with Gasteiger partial charge in [0.15, 0.2) is 5.78 Å². The molecule has 0 heterocycles. The molecule has 2 aromatic rings. The minimum atomic E-state index is -1.92. The van der Waals surface area contributed by atoms with E-state index in [9.17, 15) is 39.1 Å². The number of nitrogens with one attached hydrogen (secondary N) is 4. The summed E-state index contributed by atoms with van der Waals surface area (Å²) in [6.45, 7) is 8.03. The van der Waals surface area contributed by atoms with Crippen LogP contribution in [0.5, 0.6) is 0 Å². The van der Waals surface area contributed by atoms with E-state index in [0.717, 1.165) is 42.2 Å². The van der Waals surface area contributed by atoms with Crippen molar-refractivity contribution in [3.63, 3.8) is 0 Å². The van der Waals surface area contributed by atoms with Crippen molar-refractivity contribution in [2.45, 2.75) is 103 Å². The third kappa shape index (κ3) is 14.5. The number of benzene rings is 2. The summed E-state index contributed by atoms with van der Waals surface area (Å²) in [6, 6.07) is 10.1. The summed E-state index contributed by atoms with van der Waals surface area (Å²) in [5, 5.41) is 49.0. The van der Waals surface area contributed by atoms with Crippen LogP contribution in [0.4, 0.5) is 0 Å². The number of hydroxylamine groups is 2. The molecule has 0 radical (unpaired) electrons. The molecule has 0 aliphatic carbocycles. The van der Waals surface area contributed by atoms with Gasteiger partial charge in [-0.25, -0.2) is 0 Å². The highest BCUT2D eigenvalue weighted by Crippen LogP contribution is 2.21. The van der Waals surface area contributed by atoms with Crippen molar-refractivity contribution >= 4 is 42.4 Å². The van der Waals surface area contributed by atoms with Gasteiger partial charge in [0.1, 0.15) is 18.1 Å². The molecule has 18 heteroatoms. The Morgan fingerprint density at radius 3 is 1.91 bits per heavy atom. The summed E-state index contributed by atoms with van der Waals surface area (Å²) in [7, 11) is -0.698. The van der Waals surface area contributed by atoms with Crippen molar-refractivity contribution in [3.8, 4) is 11.1 Å². The first kappa shape index (κ1) is 46.4. The second-order valence-electron chi connectivity index (χ2n) is 14.0. The number of ketones is 1. The lowest BCUT2D eigenvalue weighted by atomic mass is 9.89. The van der Waals surface area contributed by atoms with Crippen LogP contribution in [0.2, 0.25) is 0 Å². The smallest absolute Gasteiger partial charge is 0.426 e. The first-order chi connectivity index (χ1) is 25.7. The van der Waals surface area contributed by atoms with Crippen LogP contribution in [0.3, 0.4) is 0 Å². The Kier molecular flexibility index (Phi) is 18.1. The molecule has 0 aliphatic rings. The summed E-state index contributed by atoms with van der Waals surface area (Å²) < 4.78 is 0. The number of hydrogen-bond donors (Lipinski definition) is 9. The van der Waals surface area contributed by atoms with Gasteiger partial charge in [0.05, 0.1) is 30.8 Å². The highest BCUT2D eigenvalue weighted by molar-refractivity contribution is 6.41. The first-order valence-corrected chi connectivity index (χ1v) is 18.1. The van der Waals surface area contributed by atoms with E-state index < -0.39 is 91.4 Å². The van der Waals surface area contributed by atoms with Crippen LogP contribution < -0.4 is 27.0 Å². The van der Waals surface area contributed by atoms with Gasteiger partial charge in [0.2, 0.25) is 23.6 Å². The standard InChI is InChI=1S/C37H56BN7O10/c1-8-9-10-26-11-13-27(14-12-26)28-15-17-29(18-16-28)35(51)41-22(2)33(49)40-20-31(48)44(7)32(25(5)47)36(52)42-23(3)34(50)43-30(24(4)46)19-37(6,39)45(55)21-38(53)54/h11-18,22-23,25,30,32,47,53-55H,8-10,19-21,39H2,1-7H3,(H,40,49)(H,41,51)(H,42,52)(H,43,50)/t22-,23+,25?,30+,32+,37?/m1/s1. The van der Waals surface area contributed by atoms with E-state index in [-0.39, 0.29) is 6.42 Å². The maximum atomic E-state index is 13.2. The summed E-state index contributed by atoms with van der Waals surface area (Å²) in [5.41, 5.74) is 7.88. The largest absolute Gasteiger partial charge is 0.469 e. The average molecular weight is 770 g/mol. The van der Waals surface area contributed by atoms with Crippen LogP contribution in [0.1, 0.15) is 76.7 Å². The van der Waals surface area contributed by atoms with Crippen molar-refractivity contribution in [2.24, 2.45) is 5.73 Å². The monoisotopic (exact) mass is 769 g/mol. The Bertz CT molecular complexity index is 1620. The molecular formula is C37H56BN7O10. The van der Waals surface area contributed by atoms with Crippen LogP contribution in [-0.2, 0) is 30.4 Å². The van der Waals surface area contributed by atoms with Crippen LogP contribution >= 0.6 is 0 Å². The van der Waals surface area contributed by atoms with E-state index in [1.807, 2.05) is 24.3 Å². The van der Waals surface area contributed by atoms with Crippen LogP contribution in [0.15, 0.2) is 48.5 Å². The van der Waals surface area contributed by atoms with Gasteiger partial charge in [-0.15, -0.1) is 0 Å². The molecule has 302 valence electrons. The van der Waals surface area contributed by atoms with Gasteiger partial charge in [0, 0.05) is 19.0 Å². The number of aliphatic hydroxyl groups is 1. The Morgan fingerprint density at radius 1 is 0.855 bits per heavy atom. The molecule has 5 amide bonds. The molecule has 17 nitrogen and oxygen atoms in total. The van der Waals surface area contributed by atoms with Crippen molar-refractivity contribution < 1.29 is 49.1 Å². The molecule has 0 saturated carbocycles. The molecule has 2 rings (SSSR count). The number of aryl methyl sites for hydroxylation is 1. The molecule has 0 spiro atoms. The maximum absolute atomic E-state index is 13.2. The molecule has 2 unspecified atom stereocenters. The van der Waals surface area contributed by atoms with Gasteiger partial charge in [-0.2, -0.15) is 5.06 Å². The number of likely N-dealkylation sites (N-methyl/N-ethyl adjacent to an activating group) is 1. The number of aliphatic hydroxyl groups excluding tert-OH is 1. The third-order valence-corrected chi connectivity index (χ3v) is 9.05. The number of hydrogen-bond acceptors (Lipinski definition) is 12. The van der Waals surface area contributed by atoms with Gasteiger partial charge in [-0.1, -0.05) is 49.7 Å². The van der Waals surface area contributed by atoms with Gasteiger partial charge in [0.25, 0.3) is 5.91 Å². The normalized spacial score (nSPS) is 15.0. The summed E-state index contributed by atoms with van der Waals surface area (Å²) in [4.78, 5) is 78.0. The molecule has 0 saturated heterocycles. The van der Waals surface area contributed by atoms with E-state index >= 15 is 0 Å². The van der Waals surface area contributed by atoms with Gasteiger partial charge in [-0.05, 0) is 76.3 Å². The summed E-state index contributed by atoms with van der Waals surface area (Å²) >= 11 is 0. The number of unbranched alkanes of at least 4 members (excludes halogenated alkanes) is 1. The summed E-state index contributed by atoms with van der Waals surface area (Å²) in [6.07, 6.45) is 0.839. The average Bonchev–Trinajstić information content (AvgIpc) is 3.11. The molecule has 0 aliphatic heterocycles. The number of rotatable bonds is 21. The predicted octanol–water partition coefficient (Wildman–Crippen LogP) is -0.515. The molecule has 2 aromatic carbocycles. The van der Waals surface area contributed by atoms with Crippen molar-refractivity contribution in [1.29, 1.82) is 0 Å². The lowest BCUT2D eigenvalue weighted by molar-refractivity contribution is -0.163. The van der Waals surface area contributed by atoms with E-state index in [1.54, 1.807) is 12.1 Å². The van der Waals surface area contributed by atoms with Gasteiger partial charge >= 0.3 is 7.12 Å². The van der Waals surface area contributed by atoms with Crippen molar-refractivity contribution in [3.05, 3.63) is 59.7 Å². The zero-order valence-corrected chi connectivity index (χ0v) is 32.5. The topological polar surface area (TPSA) is 264 Å². The fraction of sp³-hybridized carbons (Fsp3) is 0.514. The van der Waals surface area contributed by atoms with Crippen LogP contribution in [0, 0.1) is 0 Å². The van der Waals surface area contributed by atoms with Crippen molar-refractivity contribution in [2.75, 3.05) is 20.0 Å². The Morgan fingerprint density at radius 2 is 1.40 bits per heavy atom. The summed E-state index contributed by atoms with van der Waals surface area (Å²) in [5.74, 6) is -4.24. The molecule has 55 heavy (non-hydrogen) atoms. The Labute approximate surface area is 322 Å². The fourth-order valence-electron chi connectivity index (χ4n) is 5.56. The van der Waals surface area contributed by atoms with Crippen LogP contribution in [-0.4, -0.2) is 129 Å². The fourth-order valence-corrected chi connectivity index (χ4v) is 5.56. The van der Waals surface area contributed by atoms with Crippen molar-refractivity contribution in [1.82, 2.24) is 31.2 Å². The Balaban J connectivity index is 1.94. The molecule has 0 fully saturated rings. The molecule has 0 aromatic heterocycles. The minimum Gasteiger partial charge on any atom is -0.426 e. The molecular weight excluding hydrogens is 713 g/mol. The number of nitrogens with two attached hydrogens (primary N) is 1. The first-order valence-electron chi connectivity index (χ1n) is 18.1. The zero-order chi connectivity index (χ0) is 41.6. The Hall–Kier alpha value is -4.72. The highest BCUT2D eigenvalue weighted by Gasteiger charge is 2.36. The molecule has 10 N–H and O–H groups in total. The zero-order valence-electron chi connectivity index (χ0n) is 32.5. The number of carbonyl (C=O) groups is 6. The number of amides is 5. The number of carbonyl (C=O) groups excluding carboxylic acids is 6. The lowest BCUT2D eigenvalue weighted by Crippen LogP contribution is -2.61. The molecule has 0 bridgehead atoms. The van der Waals surface area contributed by atoms with E-state index in [4.69, 9.17) is 15.8 Å². The van der Waals surface area contributed by atoms with E-state index in [2.05, 4.69) is 40.3 Å². The second kappa shape index (κ2) is 21.4. The quantitative estimate of drug-likeness (QED) is 0.0442. The van der Waals surface area contributed by atoms with E-state index in [1.165, 1.54) is 40.3 Å². The number of Topliss-reactive ketones (excluding diaryl/α,β-unsaturated/α-hetero) is 1. The van der Waals surface area contributed by atoms with E-state index in [0.29, 0.717) is 10.6 Å². The second-order valence-corrected chi connectivity index (χ2v) is 14.0. The van der Waals surface area contributed by atoms with Gasteiger partial charge < -0.3 is 52.3 Å².